The van der Waals surface area contributed by atoms with Gasteiger partial charge >= 0.3 is 18.3 Å². The molecule has 186 valence electrons. The second kappa shape index (κ2) is 9.56. The number of nitrogens with one attached hydrogen (secondary N) is 1. The van der Waals surface area contributed by atoms with Gasteiger partial charge in [0, 0.05) is 29.7 Å². The zero-order chi connectivity index (χ0) is 26.0. The summed E-state index contributed by atoms with van der Waals surface area (Å²) < 4.78 is 52.2. The van der Waals surface area contributed by atoms with Crippen molar-refractivity contribution in [2.45, 2.75) is 12.9 Å². The van der Waals surface area contributed by atoms with Gasteiger partial charge in [0.05, 0.1) is 23.9 Å². The molecule has 36 heavy (non-hydrogen) atoms. The van der Waals surface area contributed by atoms with Crippen molar-refractivity contribution >= 4 is 34.5 Å². The number of halogens is 3. The van der Waals surface area contributed by atoms with Gasteiger partial charge in [-0.3, -0.25) is 9.59 Å². The lowest BCUT2D eigenvalue weighted by atomic mass is 10.1. The molecule has 2 aromatic carbocycles. The molecule has 3 aromatic rings. The zero-order valence-corrected chi connectivity index (χ0v) is 18.5. The molecular weight excluding hydrogens is 485 g/mol. The van der Waals surface area contributed by atoms with E-state index in [1.807, 2.05) is 0 Å². The van der Waals surface area contributed by atoms with Gasteiger partial charge in [0.25, 0.3) is 11.7 Å². The van der Waals surface area contributed by atoms with Crippen LogP contribution in [0.4, 0.5) is 13.2 Å². The molecule has 2 heterocycles. The molecule has 0 saturated carbocycles. The molecule has 9 nitrogen and oxygen atoms in total. The Morgan fingerprint density at radius 2 is 1.83 bits per heavy atom. The number of aromatic nitrogens is 1. The third kappa shape index (κ3) is 5.37. The van der Waals surface area contributed by atoms with E-state index in [0.29, 0.717) is 16.5 Å². The van der Waals surface area contributed by atoms with Gasteiger partial charge < -0.3 is 24.1 Å². The van der Waals surface area contributed by atoms with E-state index in [4.69, 9.17) is 9.47 Å². The van der Waals surface area contributed by atoms with Crippen molar-refractivity contribution in [3.63, 3.8) is 0 Å². The predicted molar refractivity (Wildman–Crippen MR) is 117 cm³/mol. The number of carbonyl (C=O) groups excluding carboxylic acids is 4. The molecule has 1 aliphatic heterocycles. The molecule has 1 aromatic heterocycles. The summed E-state index contributed by atoms with van der Waals surface area (Å²) in [6.45, 7) is -0.0774. The lowest BCUT2D eigenvalue weighted by Gasteiger charge is -2.10. The quantitative estimate of drug-likeness (QED) is 0.300. The van der Waals surface area contributed by atoms with E-state index in [9.17, 15) is 32.3 Å². The van der Waals surface area contributed by atoms with Crippen LogP contribution in [0.3, 0.4) is 0 Å². The van der Waals surface area contributed by atoms with E-state index in [1.165, 1.54) is 43.6 Å². The van der Waals surface area contributed by atoms with E-state index < -0.39 is 35.7 Å². The Hall–Kier alpha value is -4.61. The van der Waals surface area contributed by atoms with Crippen molar-refractivity contribution in [1.82, 2.24) is 9.88 Å². The maximum Gasteiger partial charge on any atom is 0.573 e. The van der Waals surface area contributed by atoms with E-state index in [2.05, 4.69) is 10.1 Å². The van der Waals surface area contributed by atoms with E-state index in [1.54, 1.807) is 4.57 Å². The summed E-state index contributed by atoms with van der Waals surface area (Å²) in [7, 11) is 1.21. The SMILES string of the molecule is COC(=O)c1ccc2c(C(=O)C(=O)NC3=CC(=O)OC3)cn(Cc3ccc(OC(F)(F)F)cc3)c2c1. The first kappa shape index (κ1) is 24.5. The predicted octanol–water partition coefficient (Wildman–Crippen LogP) is 3.11. The van der Waals surface area contributed by atoms with Crippen LogP contribution in [-0.2, 0) is 25.6 Å². The Kier molecular flexibility index (Phi) is 6.51. The highest BCUT2D eigenvalue weighted by Crippen LogP contribution is 2.27. The van der Waals surface area contributed by atoms with Gasteiger partial charge in [0.2, 0.25) is 0 Å². The number of hydrogen-bond donors (Lipinski definition) is 1. The van der Waals surface area contributed by atoms with Gasteiger partial charge in [-0.25, -0.2) is 9.59 Å². The van der Waals surface area contributed by atoms with Crippen molar-refractivity contribution < 1.29 is 46.6 Å². The van der Waals surface area contributed by atoms with Crippen LogP contribution in [0.5, 0.6) is 5.75 Å². The summed E-state index contributed by atoms with van der Waals surface area (Å²) in [6, 6.07) is 9.51. The van der Waals surface area contributed by atoms with Crippen molar-refractivity contribution in [3.05, 3.63) is 77.1 Å². The molecule has 0 unspecified atom stereocenters. The number of rotatable bonds is 7. The van der Waals surface area contributed by atoms with Crippen molar-refractivity contribution in [2.75, 3.05) is 13.7 Å². The van der Waals surface area contributed by atoms with Crippen LogP contribution in [0.25, 0.3) is 10.9 Å². The number of benzene rings is 2. The highest BCUT2D eigenvalue weighted by Gasteiger charge is 2.31. The monoisotopic (exact) mass is 502 g/mol. The maximum atomic E-state index is 13.0. The van der Waals surface area contributed by atoms with Crippen LogP contribution in [0, 0.1) is 0 Å². The number of nitrogens with zero attached hydrogens (tertiary/aromatic N) is 1. The summed E-state index contributed by atoms with van der Waals surface area (Å²) >= 11 is 0. The van der Waals surface area contributed by atoms with Gasteiger partial charge in [0.15, 0.2) is 0 Å². The highest BCUT2D eigenvalue weighted by atomic mass is 19.4. The second-order valence-electron chi connectivity index (χ2n) is 7.65. The summed E-state index contributed by atoms with van der Waals surface area (Å²) in [5, 5.41) is 2.69. The fraction of sp³-hybridized carbons (Fsp3) is 0.167. The van der Waals surface area contributed by atoms with Crippen molar-refractivity contribution in [3.8, 4) is 5.75 Å². The average molecular weight is 502 g/mol. The lowest BCUT2D eigenvalue weighted by molar-refractivity contribution is -0.274. The van der Waals surface area contributed by atoms with Crippen LogP contribution in [0.15, 0.2) is 60.4 Å². The molecule has 0 saturated heterocycles. The number of hydrogen-bond acceptors (Lipinski definition) is 7. The molecule has 1 aliphatic rings. The first-order valence-corrected chi connectivity index (χ1v) is 10.3. The van der Waals surface area contributed by atoms with Gasteiger partial charge in [0.1, 0.15) is 12.4 Å². The molecule has 4 rings (SSSR count). The molecule has 0 bridgehead atoms. The number of amides is 1. The number of esters is 2. The van der Waals surface area contributed by atoms with E-state index in [0.717, 1.165) is 18.2 Å². The Morgan fingerprint density at radius 1 is 1.11 bits per heavy atom. The van der Waals surface area contributed by atoms with Crippen LogP contribution in [0.2, 0.25) is 0 Å². The van der Waals surface area contributed by atoms with Crippen LogP contribution >= 0.6 is 0 Å². The average Bonchev–Trinajstić information content (AvgIpc) is 3.40. The zero-order valence-electron chi connectivity index (χ0n) is 18.5. The van der Waals surface area contributed by atoms with Crippen LogP contribution < -0.4 is 10.1 Å². The fourth-order valence-electron chi connectivity index (χ4n) is 3.61. The molecular formula is C24H17F3N2O7. The maximum absolute atomic E-state index is 13.0. The molecule has 0 aliphatic carbocycles. The summed E-state index contributed by atoms with van der Waals surface area (Å²) in [5.74, 6) is -3.56. The minimum Gasteiger partial charge on any atom is -0.465 e. The van der Waals surface area contributed by atoms with Gasteiger partial charge in [-0.05, 0) is 29.8 Å². The number of fused-ring (bicyclic) bond motifs is 1. The minimum absolute atomic E-state index is 0.0155. The van der Waals surface area contributed by atoms with E-state index >= 15 is 0 Å². The molecule has 0 fully saturated rings. The number of ketones is 1. The Labute approximate surface area is 201 Å². The smallest absolute Gasteiger partial charge is 0.465 e. The lowest BCUT2D eigenvalue weighted by Crippen LogP contribution is -2.31. The topological polar surface area (TPSA) is 113 Å². The molecule has 12 heteroatoms. The number of ether oxygens (including phenoxy) is 3. The standard InChI is InChI=1S/C24H17F3N2O7/c1-34-23(33)14-4-7-17-18(21(31)22(32)28-15-9-20(30)35-12-15)11-29(19(17)8-14)10-13-2-5-16(6-3-13)36-24(25,26)27/h2-9,11H,10,12H2,1H3,(H,28,32). The number of alkyl halides is 3. The fourth-order valence-corrected chi connectivity index (χ4v) is 3.61. The van der Waals surface area contributed by atoms with Crippen molar-refractivity contribution in [2.24, 2.45) is 0 Å². The second-order valence-corrected chi connectivity index (χ2v) is 7.65. The normalized spacial score (nSPS) is 13.2. The summed E-state index contributed by atoms with van der Waals surface area (Å²) in [4.78, 5) is 48.7. The van der Waals surface area contributed by atoms with Crippen molar-refractivity contribution in [1.29, 1.82) is 0 Å². The summed E-state index contributed by atoms with van der Waals surface area (Å²) in [6.07, 6.45) is -2.37. The largest absolute Gasteiger partial charge is 0.573 e. The third-order valence-corrected chi connectivity index (χ3v) is 5.20. The Morgan fingerprint density at radius 3 is 2.44 bits per heavy atom. The first-order chi connectivity index (χ1) is 17.0. The number of Topliss-reactive ketones (excluding diaryl/α,β-unsaturated/α-hetero) is 1. The highest BCUT2D eigenvalue weighted by molar-refractivity contribution is 6.45. The van der Waals surface area contributed by atoms with Gasteiger partial charge in [-0.2, -0.15) is 0 Å². The first-order valence-electron chi connectivity index (χ1n) is 10.3. The minimum atomic E-state index is -4.83. The molecule has 1 amide bonds. The van der Waals surface area contributed by atoms with Crippen LogP contribution in [-0.4, -0.2) is 48.3 Å². The number of carbonyl (C=O) groups is 4. The molecule has 0 atom stereocenters. The summed E-state index contributed by atoms with van der Waals surface area (Å²) in [5.41, 5.74) is 1.30. The number of cyclic esters (lactones) is 1. The Balaban J connectivity index is 1.67. The number of methoxy groups -OCH3 is 1. The molecule has 0 radical (unpaired) electrons. The molecule has 1 N–H and O–H groups in total. The van der Waals surface area contributed by atoms with Gasteiger partial charge in [-0.1, -0.05) is 18.2 Å². The van der Waals surface area contributed by atoms with E-state index in [-0.39, 0.29) is 30.0 Å². The third-order valence-electron chi connectivity index (χ3n) is 5.20. The Bertz CT molecular complexity index is 1410. The van der Waals surface area contributed by atoms with Crippen LogP contribution in [0.1, 0.15) is 26.3 Å². The molecule has 0 spiro atoms. The van der Waals surface area contributed by atoms with Gasteiger partial charge in [-0.15, -0.1) is 13.2 Å².